The maximum atomic E-state index is 9.64. The fourth-order valence-corrected chi connectivity index (χ4v) is 2.13. The lowest BCUT2D eigenvalue weighted by atomic mass is 10.1. The van der Waals surface area contributed by atoms with E-state index in [0.717, 1.165) is 31.6 Å². The second kappa shape index (κ2) is 4.10. The zero-order valence-electron chi connectivity index (χ0n) is 8.98. The van der Waals surface area contributed by atoms with Crippen LogP contribution in [0.15, 0.2) is 6.20 Å². The summed E-state index contributed by atoms with van der Waals surface area (Å²) in [6, 6.07) is 0. The molecule has 1 heterocycles. The van der Waals surface area contributed by atoms with Crippen molar-refractivity contribution in [1.82, 2.24) is 9.78 Å². The summed E-state index contributed by atoms with van der Waals surface area (Å²) in [5.41, 5.74) is 6.41. The van der Waals surface area contributed by atoms with Crippen molar-refractivity contribution in [3.8, 4) is 0 Å². The first-order chi connectivity index (χ1) is 7.16. The Labute approximate surface area is 89.3 Å². The van der Waals surface area contributed by atoms with Crippen LogP contribution in [0.5, 0.6) is 0 Å². The van der Waals surface area contributed by atoms with Gasteiger partial charge in [0.25, 0.3) is 0 Å². The molecule has 0 bridgehead atoms. The summed E-state index contributed by atoms with van der Waals surface area (Å²) in [7, 11) is 1.84. The Morgan fingerprint density at radius 3 is 3.00 bits per heavy atom. The van der Waals surface area contributed by atoms with Crippen LogP contribution in [0.2, 0.25) is 0 Å². The summed E-state index contributed by atoms with van der Waals surface area (Å²) in [4.78, 5) is 0. The number of aliphatic hydroxyl groups is 1. The van der Waals surface area contributed by atoms with Crippen molar-refractivity contribution >= 4 is 11.5 Å². The Morgan fingerprint density at radius 1 is 1.67 bits per heavy atom. The Morgan fingerprint density at radius 2 is 2.47 bits per heavy atom. The standard InChI is InChI=1S/C10H18N4O/c1-14-6-8(11)10(13-14)12-5-7-3-2-4-9(7)15/h6-7,9,15H,2-5,11H2,1H3,(H,12,13). The minimum atomic E-state index is -0.164. The van der Waals surface area contributed by atoms with E-state index in [1.165, 1.54) is 0 Å². The number of aryl methyl sites for hydroxylation is 1. The van der Waals surface area contributed by atoms with Crippen molar-refractivity contribution in [2.24, 2.45) is 13.0 Å². The van der Waals surface area contributed by atoms with Crippen molar-refractivity contribution in [3.63, 3.8) is 0 Å². The largest absolute Gasteiger partial charge is 0.394 e. The summed E-state index contributed by atoms with van der Waals surface area (Å²) in [5.74, 6) is 1.06. The molecule has 0 aromatic carbocycles. The quantitative estimate of drug-likeness (QED) is 0.682. The molecular formula is C10H18N4O. The average molecular weight is 210 g/mol. The van der Waals surface area contributed by atoms with E-state index in [9.17, 15) is 5.11 Å². The summed E-state index contributed by atoms with van der Waals surface area (Å²) >= 11 is 0. The molecule has 1 aliphatic rings. The van der Waals surface area contributed by atoms with Crippen molar-refractivity contribution < 1.29 is 5.11 Å². The number of hydrogen-bond acceptors (Lipinski definition) is 4. The van der Waals surface area contributed by atoms with Crippen LogP contribution in [0, 0.1) is 5.92 Å². The van der Waals surface area contributed by atoms with Crippen molar-refractivity contribution in [2.75, 3.05) is 17.6 Å². The van der Waals surface area contributed by atoms with Gasteiger partial charge in [-0.2, -0.15) is 5.10 Å². The normalized spacial score (nSPS) is 25.7. The molecule has 0 spiro atoms. The predicted molar refractivity (Wildman–Crippen MR) is 59.5 cm³/mol. The number of rotatable bonds is 3. The highest BCUT2D eigenvalue weighted by atomic mass is 16.3. The van der Waals surface area contributed by atoms with Gasteiger partial charge in [0.2, 0.25) is 0 Å². The molecule has 2 atom stereocenters. The Balaban J connectivity index is 1.90. The first-order valence-corrected chi connectivity index (χ1v) is 5.38. The van der Waals surface area contributed by atoms with E-state index >= 15 is 0 Å². The number of anilines is 2. The Bertz CT molecular complexity index is 336. The predicted octanol–water partition coefficient (Wildman–Crippen LogP) is 0.575. The number of nitrogen functional groups attached to an aromatic ring is 1. The molecule has 0 radical (unpaired) electrons. The summed E-state index contributed by atoms with van der Waals surface area (Å²) in [6.07, 6.45) is 4.73. The zero-order valence-corrected chi connectivity index (χ0v) is 8.98. The minimum absolute atomic E-state index is 0.164. The van der Waals surface area contributed by atoms with Gasteiger partial charge in [0.15, 0.2) is 5.82 Å². The monoisotopic (exact) mass is 210 g/mol. The zero-order chi connectivity index (χ0) is 10.8. The highest BCUT2D eigenvalue weighted by molar-refractivity contribution is 5.59. The van der Waals surface area contributed by atoms with Crippen LogP contribution in [0.3, 0.4) is 0 Å². The highest BCUT2D eigenvalue weighted by Crippen LogP contribution is 2.26. The molecule has 5 nitrogen and oxygen atoms in total. The van der Waals surface area contributed by atoms with Gasteiger partial charge in [0, 0.05) is 25.7 Å². The molecule has 4 N–H and O–H groups in total. The SMILES string of the molecule is Cn1cc(N)c(NCC2CCCC2O)n1. The van der Waals surface area contributed by atoms with E-state index in [0.29, 0.717) is 11.6 Å². The van der Waals surface area contributed by atoms with E-state index in [4.69, 9.17) is 5.73 Å². The van der Waals surface area contributed by atoms with Gasteiger partial charge in [0.05, 0.1) is 11.8 Å². The third-order valence-corrected chi connectivity index (χ3v) is 3.01. The van der Waals surface area contributed by atoms with Crippen LogP contribution < -0.4 is 11.1 Å². The molecule has 1 saturated carbocycles. The lowest BCUT2D eigenvalue weighted by Crippen LogP contribution is -2.22. The number of nitrogens with two attached hydrogens (primary N) is 1. The molecule has 1 aromatic heterocycles. The molecule has 1 aromatic rings. The molecule has 1 fully saturated rings. The molecule has 0 saturated heterocycles. The van der Waals surface area contributed by atoms with E-state index in [-0.39, 0.29) is 6.10 Å². The average Bonchev–Trinajstić information content (AvgIpc) is 2.70. The second-order valence-corrected chi connectivity index (χ2v) is 4.25. The van der Waals surface area contributed by atoms with Gasteiger partial charge >= 0.3 is 0 Å². The Hall–Kier alpha value is -1.23. The number of aliphatic hydroxyl groups excluding tert-OH is 1. The molecule has 2 rings (SSSR count). The van der Waals surface area contributed by atoms with E-state index in [2.05, 4.69) is 10.4 Å². The van der Waals surface area contributed by atoms with Gasteiger partial charge in [-0.05, 0) is 12.8 Å². The molecule has 0 amide bonds. The van der Waals surface area contributed by atoms with Gasteiger partial charge in [0.1, 0.15) is 0 Å². The van der Waals surface area contributed by atoms with Crippen LogP contribution in [0.4, 0.5) is 11.5 Å². The minimum Gasteiger partial charge on any atom is -0.394 e. The van der Waals surface area contributed by atoms with Gasteiger partial charge in [-0.15, -0.1) is 0 Å². The van der Waals surface area contributed by atoms with Crippen LogP contribution in [0.25, 0.3) is 0 Å². The van der Waals surface area contributed by atoms with E-state index < -0.39 is 0 Å². The molecule has 2 unspecified atom stereocenters. The number of hydrogen-bond donors (Lipinski definition) is 3. The first kappa shape index (κ1) is 10.3. The molecule has 5 heteroatoms. The lowest BCUT2D eigenvalue weighted by Gasteiger charge is -2.14. The van der Waals surface area contributed by atoms with Gasteiger partial charge < -0.3 is 16.2 Å². The van der Waals surface area contributed by atoms with Crippen molar-refractivity contribution in [3.05, 3.63) is 6.20 Å². The molecule has 0 aliphatic heterocycles. The lowest BCUT2D eigenvalue weighted by molar-refractivity contribution is 0.138. The van der Waals surface area contributed by atoms with Crippen LogP contribution >= 0.6 is 0 Å². The van der Waals surface area contributed by atoms with E-state index in [1.807, 2.05) is 7.05 Å². The summed E-state index contributed by atoms with van der Waals surface area (Å²) < 4.78 is 1.68. The second-order valence-electron chi connectivity index (χ2n) is 4.25. The van der Waals surface area contributed by atoms with Crippen molar-refractivity contribution in [1.29, 1.82) is 0 Å². The Kier molecular flexibility index (Phi) is 2.81. The van der Waals surface area contributed by atoms with Gasteiger partial charge in [-0.3, -0.25) is 4.68 Å². The smallest absolute Gasteiger partial charge is 0.171 e. The fourth-order valence-electron chi connectivity index (χ4n) is 2.13. The summed E-state index contributed by atoms with van der Waals surface area (Å²) in [6.45, 7) is 0.752. The maximum absolute atomic E-state index is 9.64. The first-order valence-electron chi connectivity index (χ1n) is 5.38. The third-order valence-electron chi connectivity index (χ3n) is 3.01. The van der Waals surface area contributed by atoms with Crippen LogP contribution in [-0.2, 0) is 7.05 Å². The maximum Gasteiger partial charge on any atom is 0.171 e. The number of aromatic nitrogens is 2. The van der Waals surface area contributed by atoms with Crippen LogP contribution in [-0.4, -0.2) is 27.5 Å². The molecule has 1 aliphatic carbocycles. The van der Waals surface area contributed by atoms with Crippen molar-refractivity contribution in [2.45, 2.75) is 25.4 Å². The fraction of sp³-hybridized carbons (Fsp3) is 0.700. The molecule has 84 valence electrons. The van der Waals surface area contributed by atoms with E-state index in [1.54, 1.807) is 10.9 Å². The van der Waals surface area contributed by atoms with Gasteiger partial charge in [-0.25, -0.2) is 0 Å². The molecule has 15 heavy (non-hydrogen) atoms. The van der Waals surface area contributed by atoms with Crippen LogP contribution in [0.1, 0.15) is 19.3 Å². The molecular weight excluding hydrogens is 192 g/mol. The topological polar surface area (TPSA) is 76.1 Å². The third kappa shape index (κ3) is 2.23. The highest BCUT2D eigenvalue weighted by Gasteiger charge is 2.25. The number of nitrogens with one attached hydrogen (secondary N) is 1. The summed E-state index contributed by atoms with van der Waals surface area (Å²) in [5, 5.41) is 17.0. The number of nitrogens with zero attached hydrogens (tertiary/aromatic N) is 2. The van der Waals surface area contributed by atoms with Gasteiger partial charge in [-0.1, -0.05) is 6.42 Å².